The second-order valence-corrected chi connectivity index (χ2v) is 15.6. The molecule has 0 saturated heterocycles. The number of rotatable bonds is 29. The van der Waals surface area contributed by atoms with Gasteiger partial charge in [0.25, 0.3) is 0 Å². The first-order valence-electron chi connectivity index (χ1n) is 23.2. The molecule has 319 valence electrons. The van der Waals surface area contributed by atoms with Crippen LogP contribution in [0, 0.1) is 6.92 Å². The van der Waals surface area contributed by atoms with Crippen molar-refractivity contribution >= 4 is 37.0 Å². The Balaban J connectivity index is 0.00000454. The van der Waals surface area contributed by atoms with Crippen molar-refractivity contribution < 1.29 is 13.7 Å². The van der Waals surface area contributed by atoms with Gasteiger partial charge in [0, 0.05) is 0 Å². The van der Waals surface area contributed by atoms with Gasteiger partial charge in [-0.15, -0.1) is 0 Å². The van der Waals surface area contributed by atoms with E-state index in [0.29, 0.717) is 0 Å². The van der Waals surface area contributed by atoms with Crippen molar-refractivity contribution in [1.82, 2.24) is 0 Å². The molecule has 0 aliphatic heterocycles. The van der Waals surface area contributed by atoms with Gasteiger partial charge >= 0.3 is 27.9 Å². The molecule has 0 amide bonds. The minimum atomic E-state index is 0.893. The normalized spacial score (nSPS) is 11.7. The van der Waals surface area contributed by atoms with Gasteiger partial charge in [-0.3, -0.25) is 9.98 Å². The van der Waals surface area contributed by atoms with Gasteiger partial charge < -0.3 is 6.92 Å². The van der Waals surface area contributed by atoms with E-state index in [0.717, 1.165) is 42.1 Å². The van der Waals surface area contributed by atoms with E-state index < -0.39 is 0 Å². The van der Waals surface area contributed by atoms with Gasteiger partial charge in [-0.2, -0.15) is 6.42 Å². The third kappa shape index (κ3) is 23.7. The fourth-order valence-corrected chi connectivity index (χ4v) is 7.41. The second-order valence-electron chi connectivity index (χ2n) is 15.6. The van der Waals surface area contributed by atoms with Gasteiger partial charge in [-0.25, -0.2) is 0 Å². The molecule has 0 fully saturated rings. The van der Waals surface area contributed by atoms with Crippen LogP contribution in [0.15, 0.2) is 34.3 Å². The quantitative estimate of drug-likeness (QED) is 0.0337. The van der Waals surface area contributed by atoms with Gasteiger partial charge in [-0.05, 0) is 142 Å². The summed E-state index contributed by atoms with van der Waals surface area (Å²) < 4.78 is 0. The second kappa shape index (κ2) is 37.1. The minimum absolute atomic E-state index is 0.893. The van der Waals surface area contributed by atoms with E-state index >= 15 is 0 Å². The Hall–Kier alpha value is -1.25. The van der Waals surface area contributed by atoms with Gasteiger partial charge in [0.2, 0.25) is 0 Å². The zero-order valence-corrected chi connectivity index (χ0v) is 40.3. The van der Waals surface area contributed by atoms with Crippen LogP contribution in [0.3, 0.4) is 0 Å². The molecule has 0 unspecified atom stereocenters. The van der Waals surface area contributed by atoms with E-state index in [4.69, 9.17) is 9.98 Å². The SMILES string of the molecule is CCCCCCCCc1cc(N=C(C)C(CC)=Nc2cc(CCCC)c(CCCC)c(CCCCCCCC)c2)cc(CC)c1CCCC.[CH2-]CCC.[Ni][Br]. The van der Waals surface area contributed by atoms with E-state index in [1.165, 1.54) is 160 Å². The molecule has 2 aromatic rings. The van der Waals surface area contributed by atoms with Crippen LogP contribution in [0.2, 0.25) is 0 Å². The topological polar surface area (TPSA) is 24.7 Å². The standard InChI is InChI=1S/C47H78N2.C4H9.BrH.Ni/c1-9-16-21-23-25-27-30-41-35-43(34-39(14-6)45(41)32-19-12-4)48-38(8)47(15-7)49-44-36-40(29-18-11-3)46(33-20-13-5)42(37-44)31-28-26-24-22-17-10-2;1-3-4-2;;/h34-37H,9-33H2,1-8H3;1,3-4H2,2H3;1H;/q;-1;;+1/p-1. The van der Waals surface area contributed by atoms with E-state index in [-0.39, 0.29) is 0 Å². The zero-order valence-electron chi connectivity index (χ0n) is 37.7. The number of benzene rings is 2. The predicted octanol–water partition coefficient (Wildman–Crippen LogP) is 17.8. The third-order valence-corrected chi connectivity index (χ3v) is 10.8. The number of nitrogens with zero attached hydrogens (tertiary/aromatic N) is 2. The van der Waals surface area contributed by atoms with Gasteiger partial charge in [-0.1, -0.05) is 145 Å². The predicted molar refractivity (Wildman–Crippen MR) is 252 cm³/mol. The fourth-order valence-electron chi connectivity index (χ4n) is 7.41. The van der Waals surface area contributed by atoms with Crippen LogP contribution in [-0.2, 0) is 52.2 Å². The zero-order chi connectivity index (χ0) is 41.1. The summed E-state index contributed by atoms with van der Waals surface area (Å²) in [4.78, 5) is 10.7. The summed E-state index contributed by atoms with van der Waals surface area (Å²) in [6.07, 6.45) is 33.8. The van der Waals surface area contributed by atoms with Crippen molar-refractivity contribution in [3.63, 3.8) is 0 Å². The summed E-state index contributed by atoms with van der Waals surface area (Å²) >= 11 is 6.25. The molecule has 0 aromatic heterocycles. The van der Waals surface area contributed by atoms with Crippen molar-refractivity contribution in [2.45, 2.75) is 236 Å². The Morgan fingerprint density at radius 1 is 0.473 bits per heavy atom. The molecule has 2 nitrogen and oxygen atoms in total. The van der Waals surface area contributed by atoms with Crippen molar-refractivity contribution in [1.29, 1.82) is 0 Å². The molecule has 55 heavy (non-hydrogen) atoms. The number of aryl methyl sites for hydroxylation is 4. The molecule has 0 spiro atoms. The van der Waals surface area contributed by atoms with Crippen molar-refractivity contribution in [3.05, 3.63) is 64.6 Å². The molecule has 2 aromatic carbocycles. The van der Waals surface area contributed by atoms with Gasteiger partial charge in [0.1, 0.15) is 0 Å². The van der Waals surface area contributed by atoms with Gasteiger partial charge in [0.05, 0.1) is 22.8 Å². The molecule has 0 aliphatic rings. The Kier molecular flexibility index (Phi) is 36.2. The Bertz CT molecular complexity index is 1280. The molecule has 0 bridgehead atoms. The average molecular weight is 867 g/mol. The molecule has 0 heterocycles. The van der Waals surface area contributed by atoms with Crippen molar-refractivity contribution in [3.8, 4) is 0 Å². The number of aliphatic imine (C=N–C) groups is 2. The summed E-state index contributed by atoms with van der Waals surface area (Å²) in [5.41, 5.74) is 13.9. The third-order valence-electron chi connectivity index (χ3n) is 10.8. The van der Waals surface area contributed by atoms with Crippen LogP contribution in [0.1, 0.15) is 231 Å². The number of hydrogen-bond donors (Lipinski definition) is 0. The summed E-state index contributed by atoms with van der Waals surface area (Å²) in [7, 11) is 0. The Morgan fingerprint density at radius 3 is 1.22 bits per heavy atom. The van der Waals surface area contributed by atoms with Gasteiger partial charge in [0.15, 0.2) is 0 Å². The maximum atomic E-state index is 5.39. The summed E-state index contributed by atoms with van der Waals surface area (Å²) in [6.45, 7) is 24.1. The first-order valence-corrected chi connectivity index (χ1v) is 25.6. The summed E-state index contributed by atoms with van der Waals surface area (Å²) in [5, 5.41) is 0. The van der Waals surface area contributed by atoms with E-state index in [1.54, 1.807) is 27.8 Å². The van der Waals surface area contributed by atoms with Crippen LogP contribution in [0.25, 0.3) is 0 Å². The molecule has 0 saturated carbocycles. The van der Waals surface area contributed by atoms with Crippen molar-refractivity contribution in [2.75, 3.05) is 0 Å². The number of unbranched alkanes of at least 4 members (excludes halogenated alkanes) is 14. The molecule has 0 atom stereocenters. The molecule has 0 aliphatic carbocycles. The van der Waals surface area contributed by atoms with E-state index in [2.05, 4.69) is 121 Å². The summed E-state index contributed by atoms with van der Waals surface area (Å²) in [5.74, 6) is 0. The first kappa shape index (κ1) is 53.8. The van der Waals surface area contributed by atoms with Crippen LogP contribution in [0.4, 0.5) is 11.4 Å². The van der Waals surface area contributed by atoms with E-state index in [9.17, 15) is 0 Å². The van der Waals surface area contributed by atoms with Crippen LogP contribution in [-0.4, -0.2) is 11.4 Å². The number of hydrogen-bond acceptors (Lipinski definition) is 2. The van der Waals surface area contributed by atoms with Crippen LogP contribution < -0.4 is 0 Å². The van der Waals surface area contributed by atoms with Crippen LogP contribution in [0.5, 0.6) is 0 Å². The summed E-state index contributed by atoms with van der Waals surface area (Å²) in [6, 6.07) is 9.70. The molecule has 4 heteroatoms. The van der Waals surface area contributed by atoms with Crippen molar-refractivity contribution in [2.24, 2.45) is 9.98 Å². The van der Waals surface area contributed by atoms with Crippen LogP contribution >= 0.6 is 14.2 Å². The molecular formula is C51H87BrN2Ni-. The molecule has 0 radical (unpaired) electrons. The number of halogens is 1. The maximum absolute atomic E-state index is 5.39. The Morgan fingerprint density at radius 2 is 0.818 bits per heavy atom. The molecule has 0 N–H and O–H groups in total. The van der Waals surface area contributed by atoms with E-state index in [1.807, 2.05) is 0 Å². The average Bonchev–Trinajstić information content (AvgIpc) is 3.21. The first-order chi connectivity index (χ1) is 26.9. The molecule has 2 rings (SSSR count). The monoisotopic (exact) mass is 865 g/mol. The molecular weight excluding hydrogens is 779 g/mol. The Labute approximate surface area is 359 Å². The fraction of sp³-hybridized carbons (Fsp3) is 0.706.